The van der Waals surface area contributed by atoms with E-state index in [0.29, 0.717) is 12.3 Å². The van der Waals surface area contributed by atoms with Crippen LogP contribution in [-0.2, 0) is 0 Å². The molecule has 2 aliphatic rings. The van der Waals surface area contributed by atoms with E-state index in [1.54, 1.807) is 7.11 Å². The molecule has 0 spiro atoms. The third-order valence-electron chi connectivity index (χ3n) is 5.45. The number of carbonyl (C=O) groups is 1. The molecule has 6 heteroatoms. The van der Waals surface area contributed by atoms with Crippen LogP contribution in [-0.4, -0.2) is 28.9 Å². The van der Waals surface area contributed by atoms with E-state index in [1.807, 2.05) is 83.9 Å². The van der Waals surface area contributed by atoms with E-state index in [-0.39, 0.29) is 11.3 Å². The van der Waals surface area contributed by atoms with Gasteiger partial charge in [-0.1, -0.05) is 72.8 Å². The zero-order valence-corrected chi connectivity index (χ0v) is 18.3. The summed E-state index contributed by atoms with van der Waals surface area (Å²) in [5.41, 5.74) is 4.15. The molecule has 0 N–H and O–H groups in total. The highest BCUT2D eigenvalue weighted by Gasteiger charge is 2.36. The quantitative estimate of drug-likeness (QED) is 0.489. The van der Waals surface area contributed by atoms with Gasteiger partial charge in [-0.15, -0.1) is 0 Å². The average molecular weight is 440 g/mol. The molecule has 1 amide bonds. The van der Waals surface area contributed by atoms with Gasteiger partial charge in [-0.2, -0.15) is 10.1 Å². The highest BCUT2D eigenvalue weighted by molar-refractivity contribution is 8.18. The summed E-state index contributed by atoms with van der Waals surface area (Å²) in [6, 6.07) is 28.0. The van der Waals surface area contributed by atoms with Gasteiger partial charge in [-0.05, 0) is 46.7 Å². The number of amides is 1. The molecular formula is C26H21N3O2S. The third-order valence-corrected chi connectivity index (χ3v) is 6.23. The van der Waals surface area contributed by atoms with Crippen LogP contribution in [0.25, 0.3) is 6.08 Å². The Morgan fingerprint density at radius 3 is 2.34 bits per heavy atom. The van der Waals surface area contributed by atoms with E-state index in [4.69, 9.17) is 9.84 Å². The first-order valence-electron chi connectivity index (χ1n) is 10.3. The number of hydrogen-bond donors (Lipinski definition) is 0. The number of hydrogen-bond acceptors (Lipinski definition) is 5. The first-order valence-corrected chi connectivity index (χ1v) is 11.2. The minimum atomic E-state index is -0.223. The second-order valence-electron chi connectivity index (χ2n) is 7.47. The summed E-state index contributed by atoms with van der Waals surface area (Å²) < 4.78 is 5.32. The second-order valence-corrected chi connectivity index (χ2v) is 8.47. The van der Waals surface area contributed by atoms with Gasteiger partial charge in [0.1, 0.15) is 5.75 Å². The number of aliphatic imine (C=N–C) groups is 1. The number of carbonyl (C=O) groups excluding carboxylic acids is 1. The maximum absolute atomic E-state index is 12.3. The van der Waals surface area contributed by atoms with Gasteiger partial charge >= 0.3 is 5.24 Å². The lowest BCUT2D eigenvalue weighted by Crippen LogP contribution is -2.26. The Labute approximate surface area is 191 Å². The van der Waals surface area contributed by atoms with Crippen molar-refractivity contribution in [1.82, 2.24) is 5.01 Å². The first kappa shape index (κ1) is 20.3. The predicted molar refractivity (Wildman–Crippen MR) is 130 cm³/mol. The predicted octanol–water partition coefficient (Wildman–Crippen LogP) is 6.15. The molecule has 158 valence electrons. The first-order chi connectivity index (χ1) is 15.7. The number of nitrogens with zero attached hydrogens (tertiary/aromatic N) is 3. The van der Waals surface area contributed by atoms with Crippen molar-refractivity contribution in [2.24, 2.45) is 10.1 Å². The van der Waals surface area contributed by atoms with Crippen LogP contribution in [0.15, 0.2) is 99.9 Å². The number of rotatable bonds is 4. The molecular weight excluding hydrogens is 418 g/mol. The van der Waals surface area contributed by atoms with Crippen LogP contribution < -0.4 is 4.74 Å². The Morgan fingerprint density at radius 1 is 0.969 bits per heavy atom. The number of methoxy groups -OCH3 is 1. The lowest BCUT2D eigenvalue weighted by molar-refractivity contribution is 0.267. The fourth-order valence-electron chi connectivity index (χ4n) is 3.86. The van der Waals surface area contributed by atoms with Gasteiger partial charge < -0.3 is 4.74 Å². The SMILES string of the molecule is COc1ccc([C@H]2CC(c3ccccc3)=NN2C2=NC(=O)S/C2=C\c2ccccc2)cc1. The molecule has 32 heavy (non-hydrogen) atoms. The lowest BCUT2D eigenvalue weighted by Gasteiger charge is -2.24. The van der Waals surface area contributed by atoms with E-state index in [9.17, 15) is 4.79 Å². The van der Waals surface area contributed by atoms with Crippen LogP contribution in [0.4, 0.5) is 4.79 Å². The highest BCUT2D eigenvalue weighted by atomic mass is 32.2. The van der Waals surface area contributed by atoms with Crippen molar-refractivity contribution in [2.45, 2.75) is 12.5 Å². The summed E-state index contributed by atoms with van der Waals surface area (Å²) in [6.07, 6.45) is 2.71. The van der Waals surface area contributed by atoms with Crippen LogP contribution in [0.3, 0.4) is 0 Å². The summed E-state index contributed by atoms with van der Waals surface area (Å²) in [6.45, 7) is 0. The minimum Gasteiger partial charge on any atom is -0.497 e. The molecule has 0 unspecified atom stereocenters. The molecule has 0 fully saturated rings. The molecule has 0 saturated carbocycles. The van der Waals surface area contributed by atoms with Gasteiger partial charge in [-0.3, -0.25) is 4.79 Å². The Morgan fingerprint density at radius 2 is 1.66 bits per heavy atom. The van der Waals surface area contributed by atoms with E-state index < -0.39 is 0 Å². The molecule has 0 radical (unpaired) electrons. The monoisotopic (exact) mass is 439 g/mol. The fourth-order valence-corrected chi connectivity index (χ4v) is 4.60. The molecule has 5 nitrogen and oxygen atoms in total. The highest BCUT2D eigenvalue weighted by Crippen LogP contribution is 2.39. The van der Waals surface area contributed by atoms with Crippen molar-refractivity contribution in [3.63, 3.8) is 0 Å². The van der Waals surface area contributed by atoms with Crippen molar-refractivity contribution < 1.29 is 9.53 Å². The second kappa shape index (κ2) is 8.85. The Bertz CT molecular complexity index is 1220. The van der Waals surface area contributed by atoms with Crippen molar-refractivity contribution in [3.05, 3.63) is 107 Å². The molecule has 2 aliphatic heterocycles. The Kier molecular flexibility index (Phi) is 5.60. The molecule has 2 heterocycles. The van der Waals surface area contributed by atoms with Crippen LogP contribution in [0.1, 0.15) is 29.2 Å². The summed E-state index contributed by atoms with van der Waals surface area (Å²) in [5.74, 6) is 1.40. The zero-order chi connectivity index (χ0) is 21.9. The molecule has 3 aromatic rings. The van der Waals surface area contributed by atoms with Crippen LogP contribution in [0.5, 0.6) is 5.75 Å². The zero-order valence-electron chi connectivity index (χ0n) is 17.5. The van der Waals surface area contributed by atoms with E-state index in [0.717, 1.165) is 44.8 Å². The average Bonchev–Trinajstić information content (AvgIpc) is 3.44. The third kappa shape index (κ3) is 4.09. The van der Waals surface area contributed by atoms with E-state index in [1.165, 1.54) is 0 Å². The van der Waals surface area contributed by atoms with Crippen molar-refractivity contribution >= 4 is 34.6 Å². The summed E-state index contributed by atoms with van der Waals surface area (Å²) in [7, 11) is 1.66. The smallest absolute Gasteiger partial charge is 0.311 e. The van der Waals surface area contributed by atoms with Gasteiger partial charge in [-0.25, -0.2) is 5.01 Å². The maximum Gasteiger partial charge on any atom is 0.311 e. The van der Waals surface area contributed by atoms with Gasteiger partial charge in [0.25, 0.3) is 0 Å². The largest absolute Gasteiger partial charge is 0.497 e. The van der Waals surface area contributed by atoms with Gasteiger partial charge in [0.15, 0.2) is 5.84 Å². The lowest BCUT2D eigenvalue weighted by atomic mass is 9.98. The van der Waals surface area contributed by atoms with Gasteiger partial charge in [0, 0.05) is 6.42 Å². The standard InChI is InChI=1S/C26H21N3O2S/c1-31-21-14-12-20(13-15-21)23-17-22(19-10-6-3-7-11-19)28-29(23)25-24(32-26(30)27-25)16-18-8-4-2-5-9-18/h2-16,23H,17H2,1H3/b24-16-/t23-/m1/s1. The van der Waals surface area contributed by atoms with E-state index >= 15 is 0 Å². The summed E-state index contributed by atoms with van der Waals surface area (Å²) >= 11 is 1.14. The Balaban J connectivity index is 1.56. The molecule has 0 bridgehead atoms. The van der Waals surface area contributed by atoms with E-state index in [2.05, 4.69) is 17.1 Å². The molecule has 0 saturated heterocycles. The maximum atomic E-state index is 12.3. The minimum absolute atomic E-state index is 0.0689. The van der Waals surface area contributed by atoms with Crippen molar-refractivity contribution in [1.29, 1.82) is 0 Å². The van der Waals surface area contributed by atoms with Crippen molar-refractivity contribution in [3.8, 4) is 5.75 Å². The molecule has 0 aliphatic carbocycles. The molecule has 5 rings (SSSR count). The summed E-state index contributed by atoms with van der Waals surface area (Å²) in [4.78, 5) is 17.5. The van der Waals surface area contributed by atoms with Crippen LogP contribution in [0.2, 0.25) is 0 Å². The van der Waals surface area contributed by atoms with Crippen molar-refractivity contribution in [2.75, 3.05) is 7.11 Å². The fraction of sp³-hybridized carbons (Fsp3) is 0.115. The van der Waals surface area contributed by atoms with Gasteiger partial charge in [0.2, 0.25) is 0 Å². The van der Waals surface area contributed by atoms with Gasteiger partial charge in [0.05, 0.1) is 23.8 Å². The number of thioether (sulfide) groups is 1. The summed E-state index contributed by atoms with van der Waals surface area (Å²) in [5, 5.41) is 6.63. The number of hydrazone groups is 1. The molecule has 3 aromatic carbocycles. The number of ether oxygens (including phenoxy) is 1. The van der Waals surface area contributed by atoms with Crippen LogP contribution >= 0.6 is 11.8 Å². The number of benzene rings is 3. The number of amidine groups is 1. The Hall–Kier alpha value is -3.64. The molecule has 1 atom stereocenters. The molecule has 0 aromatic heterocycles. The van der Waals surface area contributed by atoms with Crippen LogP contribution in [0, 0.1) is 0 Å². The topological polar surface area (TPSA) is 54.3 Å². The normalized spacial score (nSPS) is 19.3.